The van der Waals surface area contributed by atoms with Crippen molar-refractivity contribution in [3.8, 4) is 0 Å². The first-order valence-corrected chi connectivity index (χ1v) is 13.5. The molecule has 0 saturated carbocycles. The van der Waals surface area contributed by atoms with Gasteiger partial charge in [0.2, 0.25) is 0 Å². The number of hydrogen-bond acceptors (Lipinski definition) is 5. The number of fused-ring (bicyclic) bond motifs is 2. The molecular formula is C30H26Cl2N2O6. The quantitative estimate of drug-likeness (QED) is 0.268. The van der Waals surface area contributed by atoms with E-state index in [4.69, 9.17) is 27.6 Å². The van der Waals surface area contributed by atoms with Crippen molar-refractivity contribution in [1.82, 2.24) is 10.2 Å². The minimum Gasteiger partial charge on any atom is -0.480 e. The third-order valence-corrected chi connectivity index (χ3v) is 7.75. The highest BCUT2D eigenvalue weighted by atomic mass is 35.5. The fourth-order valence-electron chi connectivity index (χ4n) is 4.92. The van der Waals surface area contributed by atoms with Crippen molar-refractivity contribution in [3.05, 3.63) is 104 Å². The molecule has 1 aromatic heterocycles. The summed E-state index contributed by atoms with van der Waals surface area (Å²) in [6.45, 7) is 2.19. The van der Waals surface area contributed by atoms with Gasteiger partial charge >= 0.3 is 5.97 Å². The van der Waals surface area contributed by atoms with E-state index in [1.165, 1.54) is 0 Å². The van der Waals surface area contributed by atoms with Gasteiger partial charge in [0.25, 0.3) is 11.8 Å². The van der Waals surface area contributed by atoms with Crippen molar-refractivity contribution < 1.29 is 29.0 Å². The molecule has 3 aromatic carbocycles. The normalized spacial score (nSPS) is 14.4. The topological polar surface area (TPSA) is 120 Å². The standard InChI is InChI=1S/C30H26Cl2N2O6/c1-16(35)18-7-4-5-17(11-18)12-23(30(38)39)33-28(36)26-22(31)13-20-15-34(10-9-21(20)27(26)32)29(37)25-14-19-6-2-3-8-24(19)40-25/h2-8,11,13-14,16,23,35H,9-10,12,15H2,1H3,(H,33,36)(H,38,39)/t16-,23?/m0/s1. The summed E-state index contributed by atoms with van der Waals surface area (Å²) >= 11 is 13.2. The summed E-state index contributed by atoms with van der Waals surface area (Å²) in [6, 6.07) is 16.3. The number of furan rings is 1. The Labute approximate surface area is 240 Å². The Morgan fingerprint density at radius 2 is 1.85 bits per heavy atom. The summed E-state index contributed by atoms with van der Waals surface area (Å²) in [6.07, 6.45) is -0.330. The SMILES string of the molecule is C[C@H](O)c1cccc(CC(NC(=O)c2c(Cl)cc3c(c2Cl)CCN(C(=O)c2cc4ccccc4o2)C3)C(=O)O)c1. The number of carboxylic acid groups (broad SMARTS) is 1. The highest BCUT2D eigenvalue weighted by molar-refractivity contribution is 6.40. The Kier molecular flexibility index (Phi) is 7.85. The van der Waals surface area contributed by atoms with Crippen LogP contribution in [-0.2, 0) is 24.2 Å². The van der Waals surface area contributed by atoms with Crippen LogP contribution in [0.2, 0.25) is 10.0 Å². The number of aliphatic carboxylic acids is 1. The van der Waals surface area contributed by atoms with Gasteiger partial charge in [-0.15, -0.1) is 0 Å². The molecule has 4 aromatic rings. The number of nitrogens with zero attached hydrogens (tertiary/aromatic N) is 1. The van der Waals surface area contributed by atoms with E-state index in [2.05, 4.69) is 5.32 Å². The van der Waals surface area contributed by atoms with Crippen LogP contribution in [0.1, 0.15) is 56.2 Å². The molecular weight excluding hydrogens is 555 g/mol. The molecule has 0 bridgehead atoms. The Bertz CT molecular complexity index is 1600. The Morgan fingerprint density at radius 3 is 2.58 bits per heavy atom. The first kappa shape index (κ1) is 27.7. The van der Waals surface area contributed by atoms with Crippen molar-refractivity contribution >= 4 is 52.0 Å². The van der Waals surface area contributed by atoms with E-state index in [1.807, 2.05) is 18.2 Å². The molecule has 10 heteroatoms. The molecule has 40 heavy (non-hydrogen) atoms. The number of nitrogens with one attached hydrogen (secondary N) is 1. The van der Waals surface area contributed by atoms with Crippen LogP contribution in [0, 0.1) is 0 Å². The van der Waals surface area contributed by atoms with Crippen LogP contribution in [0.4, 0.5) is 0 Å². The maximum atomic E-state index is 13.2. The Balaban J connectivity index is 1.34. The lowest BCUT2D eigenvalue weighted by Gasteiger charge is -2.30. The molecule has 2 atom stereocenters. The predicted octanol–water partition coefficient (Wildman–Crippen LogP) is 5.42. The van der Waals surface area contributed by atoms with Gasteiger partial charge in [-0.3, -0.25) is 9.59 Å². The van der Waals surface area contributed by atoms with Gasteiger partial charge in [-0.2, -0.15) is 0 Å². The smallest absolute Gasteiger partial charge is 0.326 e. The number of halogens is 2. The molecule has 2 heterocycles. The number of amides is 2. The largest absolute Gasteiger partial charge is 0.480 e. The lowest BCUT2D eigenvalue weighted by Crippen LogP contribution is -2.42. The number of para-hydroxylation sites is 1. The third-order valence-electron chi connectivity index (χ3n) is 7.03. The van der Waals surface area contributed by atoms with E-state index in [9.17, 15) is 24.6 Å². The van der Waals surface area contributed by atoms with Gasteiger partial charge < -0.3 is 24.8 Å². The molecule has 1 aliphatic heterocycles. The summed E-state index contributed by atoms with van der Waals surface area (Å²) in [4.78, 5) is 40.0. The minimum absolute atomic E-state index is 0.000669. The van der Waals surface area contributed by atoms with Crippen LogP contribution in [-0.4, -0.2) is 45.5 Å². The highest BCUT2D eigenvalue weighted by Crippen LogP contribution is 2.35. The number of hydrogen-bond donors (Lipinski definition) is 3. The van der Waals surface area contributed by atoms with Crippen LogP contribution in [0.15, 0.2) is 65.1 Å². The Hall–Kier alpha value is -3.85. The number of aliphatic hydroxyl groups excluding tert-OH is 1. The van der Waals surface area contributed by atoms with E-state index in [0.717, 1.165) is 5.39 Å². The van der Waals surface area contributed by atoms with Crippen molar-refractivity contribution in [3.63, 3.8) is 0 Å². The average molecular weight is 581 g/mol. The van der Waals surface area contributed by atoms with Crippen LogP contribution in [0.5, 0.6) is 0 Å². The van der Waals surface area contributed by atoms with Crippen LogP contribution in [0.3, 0.4) is 0 Å². The fourth-order valence-corrected chi connectivity index (χ4v) is 5.69. The summed E-state index contributed by atoms with van der Waals surface area (Å²) < 4.78 is 5.73. The molecule has 2 amide bonds. The molecule has 0 aliphatic carbocycles. The maximum absolute atomic E-state index is 13.2. The van der Waals surface area contributed by atoms with Gasteiger partial charge in [-0.25, -0.2) is 4.79 Å². The summed E-state index contributed by atoms with van der Waals surface area (Å²) in [7, 11) is 0. The molecule has 5 rings (SSSR count). The second-order valence-corrected chi connectivity index (χ2v) is 10.6. The van der Waals surface area contributed by atoms with Crippen molar-refractivity contribution in [1.29, 1.82) is 0 Å². The molecule has 0 saturated heterocycles. The van der Waals surface area contributed by atoms with Gasteiger partial charge in [0.15, 0.2) is 5.76 Å². The molecule has 206 valence electrons. The van der Waals surface area contributed by atoms with E-state index in [0.29, 0.717) is 40.8 Å². The van der Waals surface area contributed by atoms with E-state index in [-0.39, 0.29) is 40.2 Å². The van der Waals surface area contributed by atoms with Crippen molar-refractivity contribution in [2.24, 2.45) is 0 Å². The number of carbonyl (C=O) groups excluding carboxylic acids is 2. The van der Waals surface area contributed by atoms with Crippen LogP contribution >= 0.6 is 23.2 Å². The molecule has 1 aliphatic rings. The summed E-state index contributed by atoms with van der Waals surface area (Å²) in [5.41, 5.74) is 3.28. The zero-order valence-corrected chi connectivity index (χ0v) is 23.0. The van der Waals surface area contributed by atoms with Crippen molar-refractivity contribution in [2.45, 2.75) is 38.5 Å². The summed E-state index contributed by atoms with van der Waals surface area (Å²) in [5, 5.41) is 23.2. The predicted molar refractivity (Wildman–Crippen MR) is 151 cm³/mol. The van der Waals surface area contributed by atoms with Gasteiger partial charge in [0.1, 0.15) is 11.6 Å². The molecule has 8 nitrogen and oxygen atoms in total. The number of carbonyl (C=O) groups is 3. The number of carboxylic acids is 1. The first-order chi connectivity index (χ1) is 19.1. The second kappa shape index (κ2) is 11.3. The number of rotatable bonds is 7. The lowest BCUT2D eigenvalue weighted by molar-refractivity contribution is -0.139. The van der Waals surface area contributed by atoms with Gasteiger partial charge in [-0.1, -0.05) is 65.7 Å². The molecule has 0 spiro atoms. The van der Waals surface area contributed by atoms with Crippen LogP contribution in [0.25, 0.3) is 11.0 Å². The second-order valence-electron chi connectivity index (χ2n) is 9.80. The van der Waals surface area contributed by atoms with Crippen molar-refractivity contribution in [2.75, 3.05) is 6.54 Å². The first-order valence-electron chi connectivity index (χ1n) is 12.7. The van der Waals surface area contributed by atoms with E-state index >= 15 is 0 Å². The highest BCUT2D eigenvalue weighted by Gasteiger charge is 2.30. The number of aliphatic hydroxyl groups is 1. The average Bonchev–Trinajstić information content (AvgIpc) is 3.36. The zero-order chi connectivity index (χ0) is 28.6. The Morgan fingerprint density at radius 1 is 1.07 bits per heavy atom. The van der Waals surface area contributed by atoms with E-state index < -0.39 is 24.0 Å². The van der Waals surface area contributed by atoms with Gasteiger partial charge in [0, 0.05) is 24.9 Å². The van der Waals surface area contributed by atoms with Gasteiger partial charge in [-0.05, 0) is 53.8 Å². The number of benzene rings is 3. The maximum Gasteiger partial charge on any atom is 0.326 e. The molecule has 1 unspecified atom stereocenters. The molecule has 3 N–H and O–H groups in total. The van der Waals surface area contributed by atoms with E-state index in [1.54, 1.807) is 54.3 Å². The lowest BCUT2D eigenvalue weighted by atomic mass is 9.96. The monoisotopic (exact) mass is 580 g/mol. The van der Waals surface area contributed by atoms with Crippen LogP contribution < -0.4 is 5.32 Å². The van der Waals surface area contributed by atoms with Gasteiger partial charge in [0.05, 0.1) is 21.7 Å². The molecule has 0 radical (unpaired) electrons. The fraction of sp³-hybridized carbons (Fsp3) is 0.233. The third kappa shape index (κ3) is 5.56. The molecule has 0 fully saturated rings. The summed E-state index contributed by atoms with van der Waals surface area (Å²) in [5.74, 6) is -1.96. The minimum atomic E-state index is -1.25. The zero-order valence-electron chi connectivity index (χ0n) is 21.5.